The van der Waals surface area contributed by atoms with Crippen LogP contribution in [-0.4, -0.2) is 28.4 Å². The molecule has 2 aromatic heterocycles. The van der Waals surface area contributed by atoms with Crippen molar-refractivity contribution >= 4 is 28.4 Å². The molecule has 7 nitrogen and oxygen atoms in total. The lowest BCUT2D eigenvalue weighted by Crippen LogP contribution is -2.42. The van der Waals surface area contributed by atoms with Gasteiger partial charge in [0, 0.05) is 24.4 Å². The largest absolute Gasteiger partial charge is 0.459 e. The third-order valence-corrected chi connectivity index (χ3v) is 5.34. The van der Waals surface area contributed by atoms with Crippen LogP contribution in [0.15, 0.2) is 47.1 Å². The van der Waals surface area contributed by atoms with Gasteiger partial charge in [0.25, 0.3) is 5.91 Å². The van der Waals surface area contributed by atoms with Gasteiger partial charge in [0.1, 0.15) is 5.82 Å². The number of carbonyl (C=O) groups excluding carboxylic acids is 2. The molecule has 0 bridgehead atoms. The monoisotopic (exact) mass is 400 g/mol. The van der Waals surface area contributed by atoms with Crippen molar-refractivity contribution in [1.29, 1.82) is 0 Å². The lowest BCUT2D eigenvalue weighted by Gasteiger charge is -2.26. The number of nitrogens with zero attached hydrogens (tertiary/aromatic N) is 2. The molecule has 0 unspecified atom stereocenters. The van der Waals surface area contributed by atoms with Crippen molar-refractivity contribution in [2.75, 3.05) is 11.9 Å². The number of anilines is 1. The van der Waals surface area contributed by atoms with Crippen LogP contribution in [0.4, 0.5) is 14.3 Å². The Morgan fingerprint density at radius 1 is 1.25 bits per heavy atom. The Hall–Kier alpha value is -3.20. The number of hydrogen-bond donors (Lipinski definition) is 2. The summed E-state index contributed by atoms with van der Waals surface area (Å²) >= 11 is 1.35. The van der Waals surface area contributed by atoms with Crippen molar-refractivity contribution in [3.8, 4) is 0 Å². The van der Waals surface area contributed by atoms with E-state index in [0.29, 0.717) is 31.2 Å². The summed E-state index contributed by atoms with van der Waals surface area (Å²) in [6.07, 6.45) is 2.05. The highest BCUT2D eigenvalue weighted by atomic mass is 32.1. The topological polar surface area (TPSA) is 87.5 Å². The van der Waals surface area contributed by atoms with Gasteiger partial charge in [-0.1, -0.05) is 23.5 Å². The Kier molecular flexibility index (Phi) is 5.07. The number of carbonyl (C=O) groups is 2. The predicted octanol–water partition coefficient (Wildman–Crippen LogP) is 3.40. The summed E-state index contributed by atoms with van der Waals surface area (Å²) in [6, 6.07) is 9.04. The molecule has 0 radical (unpaired) electrons. The van der Waals surface area contributed by atoms with Crippen LogP contribution in [0.5, 0.6) is 0 Å². The zero-order valence-electron chi connectivity index (χ0n) is 14.8. The molecule has 0 spiro atoms. The van der Waals surface area contributed by atoms with E-state index >= 15 is 0 Å². The second kappa shape index (κ2) is 7.81. The molecule has 0 aliphatic carbocycles. The standard InChI is InChI=1S/C19H17FN4O3S/c20-13-5-3-12(4-6-13)10-21-19(26)24-8-7-14-16(11-24)28-18(22-14)23-17(25)15-2-1-9-27-15/h1-6,9H,7-8,10-11H2,(H,21,26)(H,22,23,25). The Morgan fingerprint density at radius 2 is 2.07 bits per heavy atom. The maximum Gasteiger partial charge on any atom is 0.318 e. The number of thiazole rings is 1. The summed E-state index contributed by atoms with van der Waals surface area (Å²) in [5.41, 5.74) is 1.72. The first kappa shape index (κ1) is 18.2. The molecule has 0 saturated heterocycles. The second-order valence-corrected chi connectivity index (χ2v) is 7.36. The maximum atomic E-state index is 12.9. The average Bonchev–Trinajstić information content (AvgIpc) is 3.36. The van der Waals surface area contributed by atoms with Crippen LogP contribution < -0.4 is 10.6 Å². The summed E-state index contributed by atoms with van der Waals surface area (Å²) in [5.74, 6) is -0.446. The Labute approximate surface area is 164 Å². The molecule has 144 valence electrons. The number of halogens is 1. The molecule has 4 rings (SSSR count). The molecule has 3 amide bonds. The van der Waals surface area contributed by atoms with Crippen molar-refractivity contribution in [3.63, 3.8) is 0 Å². The van der Waals surface area contributed by atoms with Crippen molar-refractivity contribution in [2.45, 2.75) is 19.5 Å². The number of benzene rings is 1. The van der Waals surface area contributed by atoms with Gasteiger partial charge in [0.2, 0.25) is 0 Å². The molecule has 9 heteroatoms. The van der Waals surface area contributed by atoms with Gasteiger partial charge in [-0.3, -0.25) is 10.1 Å². The lowest BCUT2D eigenvalue weighted by atomic mass is 10.2. The first-order chi connectivity index (χ1) is 13.6. The highest BCUT2D eigenvalue weighted by Crippen LogP contribution is 2.28. The van der Waals surface area contributed by atoms with Gasteiger partial charge in [-0.15, -0.1) is 0 Å². The smallest absolute Gasteiger partial charge is 0.318 e. The summed E-state index contributed by atoms with van der Waals surface area (Å²) < 4.78 is 18.0. The van der Waals surface area contributed by atoms with E-state index in [9.17, 15) is 14.0 Å². The van der Waals surface area contributed by atoms with Crippen LogP contribution in [0.3, 0.4) is 0 Å². The lowest BCUT2D eigenvalue weighted by molar-refractivity contribution is 0.0996. The van der Waals surface area contributed by atoms with Crippen LogP contribution in [0.2, 0.25) is 0 Å². The molecule has 1 aliphatic heterocycles. The van der Waals surface area contributed by atoms with E-state index in [1.54, 1.807) is 29.2 Å². The van der Waals surface area contributed by atoms with Gasteiger partial charge in [-0.05, 0) is 29.8 Å². The zero-order valence-corrected chi connectivity index (χ0v) is 15.6. The van der Waals surface area contributed by atoms with Gasteiger partial charge in [0.05, 0.1) is 18.5 Å². The normalized spacial score (nSPS) is 13.1. The summed E-state index contributed by atoms with van der Waals surface area (Å²) in [6.45, 7) is 1.30. The van der Waals surface area contributed by atoms with Gasteiger partial charge in [-0.2, -0.15) is 0 Å². The molecule has 2 N–H and O–H groups in total. The van der Waals surface area contributed by atoms with Gasteiger partial charge >= 0.3 is 6.03 Å². The third-order valence-electron chi connectivity index (χ3n) is 4.34. The highest BCUT2D eigenvalue weighted by molar-refractivity contribution is 7.15. The average molecular weight is 400 g/mol. The SMILES string of the molecule is O=C(Nc1nc2c(s1)CN(C(=O)NCc1ccc(F)cc1)CC2)c1ccco1. The molecule has 3 heterocycles. The van der Waals surface area contributed by atoms with E-state index < -0.39 is 0 Å². The van der Waals surface area contributed by atoms with Crippen LogP contribution in [0.25, 0.3) is 0 Å². The molecular formula is C19H17FN4O3S. The minimum Gasteiger partial charge on any atom is -0.459 e. The van der Waals surface area contributed by atoms with Crippen LogP contribution in [0, 0.1) is 5.82 Å². The summed E-state index contributed by atoms with van der Waals surface area (Å²) in [7, 11) is 0. The Balaban J connectivity index is 1.35. The van der Waals surface area contributed by atoms with E-state index in [2.05, 4.69) is 15.6 Å². The zero-order chi connectivity index (χ0) is 19.5. The van der Waals surface area contributed by atoms with E-state index in [1.807, 2.05) is 0 Å². The molecule has 3 aromatic rings. The molecule has 1 aromatic carbocycles. The van der Waals surface area contributed by atoms with Crippen LogP contribution in [-0.2, 0) is 19.5 Å². The molecule has 0 fully saturated rings. The second-order valence-electron chi connectivity index (χ2n) is 6.28. The number of rotatable bonds is 4. The first-order valence-corrected chi connectivity index (χ1v) is 9.51. The summed E-state index contributed by atoms with van der Waals surface area (Å²) in [5, 5.41) is 6.05. The molecule has 1 aliphatic rings. The van der Waals surface area contributed by atoms with Crippen LogP contribution >= 0.6 is 11.3 Å². The van der Waals surface area contributed by atoms with Crippen molar-refractivity contribution < 1.29 is 18.4 Å². The highest BCUT2D eigenvalue weighted by Gasteiger charge is 2.24. The molecular weight excluding hydrogens is 383 g/mol. The quantitative estimate of drug-likeness (QED) is 0.703. The number of urea groups is 1. The molecule has 0 atom stereocenters. The minimum absolute atomic E-state index is 0.190. The van der Waals surface area contributed by atoms with E-state index in [0.717, 1.165) is 16.1 Å². The Morgan fingerprint density at radius 3 is 2.82 bits per heavy atom. The number of nitrogens with one attached hydrogen (secondary N) is 2. The molecule has 28 heavy (non-hydrogen) atoms. The van der Waals surface area contributed by atoms with Gasteiger partial charge in [0.15, 0.2) is 10.9 Å². The predicted molar refractivity (Wildman–Crippen MR) is 102 cm³/mol. The van der Waals surface area contributed by atoms with E-state index in [-0.39, 0.29) is 23.5 Å². The number of amides is 3. The van der Waals surface area contributed by atoms with Crippen molar-refractivity contribution in [2.24, 2.45) is 0 Å². The number of aromatic nitrogens is 1. The fraction of sp³-hybridized carbons (Fsp3) is 0.211. The fourth-order valence-electron chi connectivity index (χ4n) is 2.88. The third kappa shape index (κ3) is 4.04. The van der Waals surface area contributed by atoms with Gasteiger partial charge < -0.3 is 14.6 Å². The van der Waals surface area contributed by atoms with Gasteiger partial charge in [-0.25, -0.2) is 14.2 Å². The Bertz CT molecular complexity index is 985. The minimum atomic E-state index is -0.356. The summed E-state index contributed by atoms with van der Waals surface area (Å²) in [4.78, 5) is 31.6. The number of furan rings is 1. The number of hydrogen-bond acceptors (Lipinski definition) is 5. The van der Waals surface area contributed by atoms with E-state index in [1.165, 1.54) is 29.7 Å². The maximum absolute atomic E-state index is 12.9. The first-order valence-electron chi connectivity index (χ1n) is 8.69. The van der Waals surface area contributed by atoms with Crippen molar-refractivity contribution in [1.82, 2.24) is 15.2 Å². The fourth-order valence-corrected chi connectivity index (χ4v) is 3.90. The van der Waals surface area contributed by atoms with Crippen molar-refractivity contribution in [3.05, 3.63) is 70.4 Å². The van der Waals surface area contributed by atoms with Crippen LogP contribution in [0.1, 0.15) is 26.7 Å². The number of fused-ring (bicyclic) bond motifs is 1. The van der Waals surface area contributed by atoms with E-state index in [4.69, 9.17) is 4.42 Å². The molecule has 0 saturated carbocycles.